The SMILES string of the molecule is CC(=O)SC1CC(=O)N(c2c(F)cccc2CO)C1. The zero-order valence-electron chi connectivity index (χ0n) is 10.4. The second-order valence-corrected chi connectivity index (χ2v) is 5.82. The molecule has 102 valence electrons. The average molecular weight is 283 g/mol. The number of para-hydroxylation sites is 1. The molecule has 1 amide bonds. The molecule has 1 aliphatic rings. The van der Waals surface area contributed by atoms with Gasteiger partial charge in [0.05, 0.1) is 12.3 Å². The van der Waals surface area contributed by atoms with Crippen LogP contribution in [0.4, 0.5) is 10.1 Å². The fraction of sp³-hybridized carbons (Fsp3) is 0.385. The van der Waals surface area contributed by atoms with E-state index in [0.29, 0.717) is 5.56 Å². The summed E-state index contributed by atoms with van der Waals surface area (Å²) in [5.74, 6) is -0.757. The molecule has 6 heteroatoms. The first-order valence-electron chi connectivity index (χ1n) is 5.88. The van der Waals surface area contributed by atoms with Gasteiger partial charge < -0.3 is 10.0 Å². The van der Waals surface area contributed by atoms with Crippen LogP contribution in [0.1, 0.15) is 18.9 Å². The highest BCUT2D eigenvalue weighted by molar-refractivity contribution is 8.14. The number of hydrogen-bond acceptors (Lipinski definition) is 4. The standard InChI is InChI=1S/C13H14FNO3S/c1-8(17)19-10-5-12(18)15(6-10)13-9(7-16)3-2-4-11(13)14/h2-4,10,16H,5-7H2,1H3. The number of thioether (sulfide) groups is 1. The molecule has 1 N–H and O–H groups in total. The summed E-state index contributed by atoms with van der Waals surface area (Å²) in [4.78, 5) is 24.3. The maximum Gasteiger partial charge on any atom is 0.228 e. The Kier molecular flexibility index (Phi) is 4.21. The van der Waals surface area contributed by atoms with Crippen LogP contribution in [0.25, 0.3) is 0 Å². The van der Waals surface area contributed by atoms with Gasteiger partial charge in [-0.2, -0.15) is 0 Å². The van der Waals surface area contributed by atoms with Crippen LogP contribution in [-0.4, -0.2) is 27.9 Å². The number of nitrogens with zero attached hydrogens (tertiary/aromatic N) is 1. The summed E-state index contributed by atoms with van der Waals surface area (Å²) < 4.78 is 13.9. The molecule has 0 aromatic heterocycles. The third kappa shape index (κ3) is 2.96. The van der Waals surface area contributed by atoms with E-state index in [1.165, 1.54) is 24.0 Å². The summed E-state index contributed by atoms with van der Waals surface area (Å²) in [5.41, 5.74) is 0.503. The maximum atomic E-state index is 13.9. The van der Waals surface area contributed by atoms with Gasteiger partial charge in [0, 0.05) is 30.7 Å². The monoisotopic (exact) mass is 283 g/mol. The van der Waals surface area contributed by atoms with E-state index in [4.69, 9.17) is 0 Å². The van der Waals surface area contributed by atoms with Crippen molar-refractivity contribution in [2.24, 2.45) is 0 Å². The predicted octanol–water partition coefficient (Wildman–Crippen LogP) is 1.70. The lowest BCUT2D eigenvalue weighted by Crippen LogP contribution is -2.27. The van der Waals surface area contributed by atoms with Gasteiger partial charge in [0.1, 0.15) is 5.82 Å². The van der Waals surface area contributed by atoms with Gasteiger partial charge in [-0.05, 0) is 6.07 Å². The van der Waals surface area contributed by atoms with Gasteiger partial charge in [-0.3, -0.25) is 9.59 Å². The quantitative estimate of drug-likeness (QED) is 0.917. The van der Waals surface area contributed by atoms with Crippen LogP contribution in [-0.2, 0) is 16.2 Å². The molecule has 4 nitrogen and oxygen atoms in total. The Bertz CT molecular complexity index is 521. The Balaban J connectivity index is 2.28. The van der Waals surface area contributed by atoms with Crippen LogP contribution in [0.3, 0.4) is 0 Å². The summed E-state index contributed by atoms with van der Waals surface area (Å²) in [6.07, 6.45) is 0.212. The van der Waals surface area contributed by atoms with Crippen LogP contribution >= 0.6 is 11.8 Å². The van der Waals surface area contributed by atoms with Crippen LogP contribution in [0.2, 0.25) is 0 Å². The summed E-state index contributed by atoms with van der Waals surface area (Å²) in [7, 11) is 0. The van der Waals surface area contributed by atoms with Crippen molar-refractivity contribution in [3.63, 3.8) is 0 Å². The molecule has 1 heterocycles. The lowest BCUT2D eigenvalue weighted by Gasteiger charge is -2.20. The number of halogens is 1. The van der Waals surface area contributed by atoms with Gasteiger partial charge in [-0.25, -0.2) is 4.39 Å². The lowest BCUT2D eigenvalue weighted by atomic mass is 10.1. The summed E-state index contributed by atoms with van der Waals surface area (Å²) in [6, 6.07) is 4.33. The molecule has 1 aromatic rings. The minimum atomic E-state index is -0.534. The molecular formula is C13H14FNO3S. The predicted molar refractivity (Wildman–Crippen MR) is 71.4 cm³/mol. The van der Waals surface area contributed by atoms with E-state index in [9.17, 15) is 19.1 Å². The number of hydrogen-bond donors (Lipinski definition) is 1. The number of amides is 1. The Morgan fingerprint density at radius 2 is 2.32 bits per heavy atom. The van der Waals surface area contributed by atoms with E-state index in [0.717, 1.165) is 11.8 Å². The number of carbonyl (C=O) groups is 2. The van der Waals surface area contributed by atoms with E-state index < -0.39 is 5.82 Å². The van der Waals surface area contributed by atoms with Gasteiger partial charge in [-0.1, -0.05) is 23.9 Å². The number of anilines is 1. The van der Waals surface area contributed by atoms with Crippen molar-refractivity contribution in [3.05, 3.63) is 29.6 Å². The zero-order valence-corrected chi connectivity index (χ0v) is 11.2. The maximum absolute atomic E-state index is 13.9. The van der Waals surface area contributed by atoms with Crippen molar-refractivity contribution >= 4 is 28.5 Å². The van der Waals surface area contributed by atoms with Gasteiger partial charge in [0.2, 0.25) is 5.91 Å². The van der Waals surface area contributed by atoms with Crippen LogP contribution in [0.5, 0.6) is 0 Å². The first-order valence-corrected chi connectivity index (χ1v) is 6.76. The summed E-state index contributed by atoms with van der Waals surface area (Å²) >= 11 is 1.10. The third-order valence-corrected chi connectivity index (χ3v) is 3.91. The molecule has 0 spiro atoms. The Morgan fingerprint density at radius 1 is 1.58 bits per heavy atom. The zero-order chi connectivity index (χ0) is 14.0. The topological polar surface area (TPSA) is 57.6 Å². The number of aliphatic hydroxyl groups excluding tert-OH is 1. The molecule has 1 aromatic carbocycles. The van der Waals surface area contributed by atoms with Crippen molar-refractivity contribution in [3.8, 4) is 0 Å². The highest BCUT2D eigenvalue weighted by Crippen LogP contribution is 2.32. The van der Waals surface area contributed by atoms with Crippen LogP contribution in [0.15, 0.2) is 18.2 Å². The van der Waals surface area contributed by atoms with E-state index >= 15 is 0 Å². The molecule has 0 saturated carbocycles. The highest BCUT2D eigenvalue weighted by Gasteiger charge is 2.34. The molecule has 1 fully saturated rings. The van der Waals surface area contributed by atoms with E-state index in [2.05, 4.69) is 0 Å². The van der Waals surface area contributed by atoms with Gasteiger partial charge in [0.25, 0.3) is 0 Å². The molecule has 1 aliphatic heterocycles. The smallest absolute Gasteiger partial charge is 0.228 e. The van der Waals surface area contributed by atoms with Crippen molar-refractivity contribution in [1.82, 2.24) is 0 Å². The van der Waals surface area contributed by atoms with E-state index in [1.54, 1.807) is 6.07 Å². The summed E-state index contributed by atoms with van der Waals surface area (Å²) in [6.45, 7) is 1.40. The Labute approximate surface area is 114 Å². The van der Waals surface area contributed by atoms with Gasteiger partial charge in [-0.15, -0.1) is 0 Å². The molecular weight excluding hydrogens is 269 g/mol. The third-order valence-electron chi connectivity index (χ3n) is 2.93. The first-order chi connectivity index (χ1) is 9.02. The van der Waals surface area contributed by atoms with E-state index in [1.807, 2.05) is 0 Å². The molecule has 2 rings (SSSR count). The fourth-order valence-corrected chi connectivity index (χ4v) is 3.11. The Hall–Kier alpha value is -1.40. The highest BCUT2D eigenvalue weighted by atomic mass is 32.2. The largest absolute Gasteiger partial charge is 0.392 e. The molecule has 19 heavy (non-hydrogen) atoms. The number of rotatable bonds is 3. The minimum Gasteiger partial charge on any atom is -0.392 e. The number of benzene rings is 1. The minimum absolute atomic E-state index is 0.0597. The van der Waals surface area contributed by atoms with Crippen LogP contribution in [0, 0.1) is 5.82 Å². The van der Waals surface area contributed by atoms with Crippen molar-refractivity contribution in [1.29, 1.82) is 0 Å². The molecule has 0 bridgehead atoms. The van der Waals surface area contributed by atoms with Gasteiger partial charge >= 0.3 is 0 Å². The molecule has 1 saturated heterocycles. The Morgan fingerprint density at radius 3 is 2.95 bits per heavy atom. The normalized spacial score (nSPS) is 19.0. The second-order valence-electron chi connectivity index (χ2n) is 4.35. The van der Waals surface area contributed by atoms with Gasteiger partial charge in [0.15, 0.2) is 5.12 Å². The molecule has 1 atom stereocenters. The van der Waals surface area contributed by atoms with Crippen molar-refractivity contribution in [2.75, 3.05) is 11.4 Å². The first kappa shape index (κ1) is 14.0. The van der Waals surface area contributed by atoms with Crippen LogP contribution < -0.4 is 4.90 Å². The van der Waals surface area contributed by atoms with Crippen molar-refractivity contribution in [2.45, 2.75) is 25.2 Å². The van der Waals surface area contributed by atoms with E-state index in [-0.39, 0.29) is 41.5 Å². The lowest BCUT2D eigenvalue weighted by molar-refractivity contribution is -0.117. The fourth-order valence-electron chi connectivity index (χ4n) is 2.19. The molecule has 0 radical (unpaired) electrons. The van der Waals surface area contributed by atoms with Crippen molar-refractivity contribution < 1.29 is 19.1 Å². The number of carbonyl (C=O) groups excluding carboxylic acids is 2. The summed E-state index contributed by atoms with van der Waals surface area (Å²) in [5, 5.41) is 9.02. The number of aliphatic hydroxyl groups is 1. The second kappa shape index (κ2) is 5.71. The average Bonchev–Trinajstić information content (AvgIpc) is 2.68. The molecule has 1 unspecified atom stereocenters. The molecule has 0 aliphatic carbocycles.